The molecule has 2 aromatic carbocycles. The van der Waals surface area contributed by atoms with Crippen molar-refractivity contribution in [2.24, 2.45) is 0 Å². The third kappa shape index (κ3) is 5.79. The van der Waals surface area contributed by atoms with E-state index in [9.17, 15) is 4.79 Å². The first-order chi connectivity index (χ1) is 19.1. The summed E-state index contributed by atoms with van der Waals surface area (Å²) in [5.41, 5.74) is 4.51. The zero-order chi connectivity index (χ0) is 26.6. The van der Waals surface area contributed by atoms with Crippen molar-refractivity contribution in [3.8, 4) is 22.6 Å². The van der Waals surface area contributed by atoms with Gasteiger partial charge >= 0.3 is 0 Å². The Morgan fingerprint density at radius 1 is 0.949 bits per heavy atom. The lowest BCUT2D eigenvalue weighted by Gasteiger charge is -2.32. The first-order valence-electron chi connectivity index (χ1n) is 12.9. The SMILES string of the molecule is CN1CCN(Cc2cc(NC(=O)c3n[nH]c4ccc(-c5cncc(Oc6ccccc6)c5)cc34)ccn2)CC1. The van der Waals surface area contributed by atoms with Gasteiger partial charge in [-0.2, -0.15) is 5.10 Å². The second kappa shape index (κ2) is 11.0. The van der Waals surface area contributed by atoms with Crippen LogP contribution in [0, 0.1) is 0 Å². The number of ether oxygens (including phenoxy) is 1. The van der Waals surface area contributed by atoms with E-state index in [1.54, 1.807) is 24.7 Å². The molecule has 2 N–H and O–H groups in total. The minimum Gasteiger partial charge on any atom is -0.456 e. The maximum absolute atomic E-state index is 13.3. The highest BCUT2D eigenvalue weighted by atomic mass is 16.5. The van der Waals surface area contributed by atoms with E-state index in [1.165, 1.54) is 0 Å². The number of nitrogens with one attached hydrogen (secondary N) is 2. The molecular weight excluding hydrogens is 490 g/mol. The molecule has 4 heterocycles. The molecule has 0 aliphatic carbocycles. The molecule has 9 heteroatoms. The summed E-state index contributed by atoms with van der Waals surface area (Å²) in [5.74, 6) is 1.09. The molecule has 3 aromatic heterocycles. The highest BCUT2D eigenvalue weighted by molar-refractivity contribution is 6.11. The van der Waals surface area contributed by atoms with Gasteiger partial charge in [0.25, 0.3) is 5.91 Å². The molecule has 0 spiro atoms. The number of carbonyl (C=O) groups excluding carboxylic acids is 1. The Kier molecular flexibility index (Phi) is 6.99. The molecule has 0 unspecified atom stereocenters. The molecule has 0 radical (unpaired) electrons. The van der Waals surface area contributed by atoms with Gasteiger partial charge in [0, 0.05) is 61.8 Å². The van der Waals surface area contributed by atoms with Gasteiger partial charge in [-0.15, -0.1) is 0 Å². The number of aromatic nitrogens is 4. The van der Waals surface area contributed by atoms with Crippen LogP contribution in [0.3, 0.4) is 0 Å². The summed E-state index contributed by atoms with van der Waals surface area (Å²) in [7, 11) is 2.14. The summed E-state index contributed by atoms with van der Waals surface area (Å²) in [6, 6.07) is 21.1. The third-order valence-electron chi connectivity index (χ3n) is 6.86. The molecule has 1 saturated heterocycles. The van der Waals surface area contributed by atoms with Crippen LogP contribution in [-0.4, -0.2) is 69.1 Å². The summed E-state index contributed by atoms with van der Waals surface area (Å²) < 4.78 is 5.95. The minimum absolute atomic E-state index is 0.283. The molecule has 5 aromatic rings. The van der Waals surface area contributed by atoms with Gasteiger partial charge in [0.1, 0.15) is 11.5 Å². The van der Waals surface area contributed by atoms with Gasteiger partial charge in [-0.25, -0.2) is 0 Å². The fourth-order valence-electron chi connectivity index (χ4n) is 4.69. The number of fused-ring (bicyclic) bond motifs is 1. The number of aromatic amines is 1. The standard InChI is InChI=1S/C30H29N7O2/c1-36-11-13-37(14-12-36)20-24-17-23(9-10-32-24)33-30(38)29-27-16-21(7-8-28(27)34-35-29)22-15-26(19-31-18-22)39-25-5-3-2-4-6-25/h2-10,15-19H,11-14,20H2,1H3,(H,34,35)(H,32,33,38). The van der Waals surface area contributed by atoms with Crippen molar-refractivity contribution < 1.29 is 9.53 Å². The van der Waals surface area contributed by atoms with E-state index in [-0.39, 0.29) is 5.91 Å². The molecule has 1 fully saturated rings. The van der Waals surface area contributed by atoms with Crippen molar-refractivity contribution in [2.75, 3.05) is 38.5 Å². The number of rotatable bonds is 7. The van der Waals surface area contributed by atoms with Crippen molar-refractivity contribution in [1.82, 2.24) is 30.0 Å². The number of hydrogen-bond acceptors (Lipinski definition) is 7. The van der Waals surface area contributed by atoms with Crippen LogP contribution in [0.2, 0.25) is 0 Å². The van der Waals surface area contributed by atoms with Gasteiger partial charge in [0.05, 0.1) is 17.4 Å². The van der Waals surface area contributed by atoms with Crippen LogP contribution in [0.4, 0.5) is 5.69 Å². The van der Waals surface area contributed by atoms with Gasteiger partial charge in [-0.1, -0.05) is 24.3 Å². The summed E-state index contributed by atoms with van der Waals surface area (Å²) >= 11 is 0. The summed E-state index contributed by atoms with van der Waals surface area (Å²) in [6.45, 7) is 4.86. The molecule has 0 bridgehead atoms. The molecule has 1 amide bonds. The van der Waals surface area contributed by atoms with Crippen LogP contribution in [0.1, 0.15) is 16.2 Å². The van der Waals surface area contributed by atoms with E-state index in [0.29, 0.717) is 17.1 Å². The zero-order valence-corrected chi connectivity index (χ0v) is 21.7. The van der Waals surface area contributed by atoms with E-state index in [4.69, 9.17) is 4.74 Å². The molecule has 1 aliphatic heterocycles. The highest BCUT2D eigenvalue weighted by Gasteiger charge is 2.17. The van der Waals surface area contributed by atoms with Crippen LogP contribution < -0.4 is 10.1 Å². The molecule has 0 atom stereocenters. The number of carbonyl (C=O) groups is 1. The normalized spacial score (nSPS) is 14.4. The molecule has 0 saturated carbocycles. The smallest absolute Gasteiger partial charge is 0.276 e. The lowest BCUT2D eigenvalue weighted by atomic mass is 10.0. The number of anilines is 1. The Morgan fingerprint density at radius 3 is 2.64 bits per heavy atom. The highest BCUT2D eigenvalue weighted by Crippen LogP contribution is 2.29. The molecule has 6 rings (SSSR count). The van der Waals surface area contributed by atoms with Gasteiger partial charge in [-0.3, -0.25) is 24.8 Å². The Morgan fingerprint density at radius 2 is 1.79 bits per heavy atom. The van der Waals surface area contributed by atoms with Crippen molar-refractivity contribution >= 4 is 22.5 Å². The topological polar surface area (TPSA) is 99.3 Å². The third-order valence-corrected chi connectivity index (χ3v) is 6.86. The number of nitrogens with zero attached hydrogens (tertiary/aromatic N) is 5. The molecule has 196 valence electrons. The van der Waals surface area contributed by atoms with Gasteiger partial charge in [0.2, 0.25) is 0 Å². The predicted octanol–water partition coefficient (Wildman–Crippen LogP) is 4.81. The second-order valence-electron chi connectivity index (χ2n) is 9.73. The van der Waals surface area contributed by atoms with Gasteiger partial charge < -0.3 is 15.0 Å². The van der Waals surface area contributed by atoms with Crippen molar-refractivity contribution in [3.05, 3.63) is 96.7 Å². The number of pyridine rings is 2. The van der Waals surface area contributed by atoms with Crippen molar-refractivity contribution in [2.45, 2.75) is 6.54 Å². The van der Waals surface area contributed by atoms with E-state index >= 15 is 0 Å². The Bertz CT molecular complexity index is 1590. The summed E-state index contributed by atoms with van der Waals surface area (Å²) in [6.07, 6.45) is 5.19. The van der Waals surface area contributed by atoms with Gasteiger partial charge in [0.15, 0.2) is 5.69 Å². The quantitative estimate of drug-likeness (QED) is 0.318. The first-order valence-corrected chi connectivity index (χ1v) is 12.9. The molecule has 1 aliphatic rings. The van der Waals surface area contributed by atoms with E-state index < -0.39 is 0 Å². The minimum atomic E-state index is -0.283. The first kappa shape index (κ1) is 24.7. The summed E-state index contributed by atoms with van der Waals surface area (Å²) in [4.78, 5) is 26.8. The van der Waals surface area contributed by atoms with E-state index in [2.05, 4.69) is 42.3 Å². The Hall–Kier alpha value is -4.60. The number of amides is 1. The van der Waals surface area contributed by atoms with Crippen LogP contribution >= 0.6 is 0 Å². The molecule has 9 nitrogen and oxygen atoms in total. The van der Waals surface area contributed by atoms with Crippen LogP contribution in [-0.2, 0) is 6.54 Å². The number of piperazine rings is 1. The average Bonchev–Trinajstić information content (AvgIpc) is 3.39. The average molecular weight is 520 g/mol. The van der Waals surface area contributed by atoms with Gasteiger partial charge in [-0.05, 0) is 55.1 Å². The number of likely N-dealkylation sites (N-methyl/N-ethyl adjacent to an activating group) is 1. The fourth-order valence-corrected chi connectivity index (χ4v) is 4.69. The molecular formula is C30H29N7O2. The second-order valence-corrected chi connectivity index (χ2v) is 9.73. The van der Waals surface area contributed by atoms with Crippen LogP contribution in [0.25, 0.3) is 22.0 Å². The van der Waals surface area contributed by atoms with Crippen molar-refractivity contribution in [1.29, 1.82) is 0 Å². The number of benzene rings is 2. The lowest BCUT2D eigenvalue weighted by molar-refractivity contribution is 0.102. The maximum atomic E-state index is 13.3. The summed E-state index contributed by atoms with van der Waals surface area (Å²) in [5, 5.41) is 11.0. The van der Waals surface area contributed by atoms with Crippen LogP contribution in [0.5, 0.6) is 11.5 Å². The number of H-pyrrole nitrogens is 1. The fraction of sp³-hybridized carbons (Fsp3) is 0.200. The van der Waals surface area contributed by atoms with E-state index in [0.717, 1.165) is 66.2 Å². The van der Waals surface area contributed by atoms with Crippen LogP contribution in [0.15, 0.2) is 85.3 Å². The number of hydrogen-bond donors (Lipinski definition) is 2. The number of para-hydroxylation sites is 1. The zero-order valence-electron chi connectivity index (χ0n) is 21.7. The Labute approximate surface area is 226 Å². The van der Waals surface area contributed by atoms with E-state index in [1.807, 2.05) is 60.7 Å². The lowest BCUT2D eigenvalue weighted by Crippen LogP contribution is -2.44. The largest absolute Gasteiger partial charge is 0.456 e. The Balaban J connectivity index is 1.19. The molecule has 39 heavy (non-hydrogen) atoms. The predicted molar refractivity (Wildman–Crippen MR) is 151 cm³/mol. The maximum Gasteiger partial charge on any atom is 0.276 e. The van der Waals surface area contributed by atoms with Crippen molar-refractivity contribution in [3.63, 3.8) is 0 Å². The monoisotopic (exact) mass is 519 g/mol.